The molecule has 3 nitrogen and oxygen atoms in total. The molecule has 82 valence electrons. The lowest BCUT2D eigenvalue weighted by atomic mass is 10.0. The minimum atomic E-state index is 0.549. The smallest absolute Gasteiger partial charge is 0.0576 e. The maximum atomic E-state index is 5.59. The van der Waals surface area contributed by atoms with Gasteiger partial charge >= 0.3 is 0 Å². The van der Waals surface area contributed by atoms with Gasteiger partial charge in [0.05, 0.1) is 6.10 Å². The lowest BCUT2D eigenvalue weighted by Gasteiger charge is -2.16. The molecule has 0 spiro atoms. The highest BCUT2D eigenvalue weighted by Crippen LogP contribution is 2.34. The molecule has 1 heterocycles. The Morgan fingerprint density at radius 1 is 1.36 bits per heavy atom. The van der Waals surface area contributed by atoms with Crippen LogP contribution in [0.1, 0.15) is 44.9 Å². The van der Waals surface area contributed by atoms with E-state index in [1.165, 1.54) is 44.9 Å². The molecule has 2 fully saturated rings. The van der Waals surface area contributed by atoms with Crippen LogP contribution in [-0.4, -0.2) is 18.8 Å². The van der Waals surface area contributed by atoms with Gasteiger partial charge in [0, 0.05) is 12.6 Å². The predicted octanol–water partition coefficient (Wildman–Crippen LogP) is 1.58. The molecule has 0 amide bonds. The van der Waals surface area contributed by atoms with Crippen molar-refractivity contribution in [2.45, 2.75) is 57.1 Å². The van der Waals surface area contributed by atoms with Gasteiger partial charge in [-0.1, -0.05) is 0 Å². The number of ether oxygens (including phenoxy) is 1. The Hall–Kier alpha value is -0.120. The summed E-state index contributed by atoms with van der Waals surface area (Å²) in [5, 5.41) is 0. The molecule has 0 bridgehead atoms. The zero-order valence-corrected chi connectivity index (χ0v) is 8.87. The summed E-state index contributed by atoms with van der Waals surface area (Å²) in [5.41, 5.74) is 2.95. The molecule has 3 N–H and O–H groups in total. The van der Waals surface area contributed by atoms with Crippen molar-refractivity contribution in [2.75, 3.05) is 6.61 Å². The van der Waals surface area contributed by atoms with Gasteiger partial charge in [-0.2, -0.15) is 0 Å². The van der Waals surface area contributed by atoms with Gasteiger partial charge in [0.1, 0.15) is 0 Å². The van der Waals surface area contributed by atoms with E-state index in [1.54, 1.807) is 0 Å². The number of hydrazine groups is 1. The second-order valence-corrected chi connectivity index (χ2v) is 4.68. The van der Waals surface area contributed by atoms with Gasteiger partial charge in [0.25, 0.3) is 0 Å². The topological polar surface area (TPSA) is 47.3 Å². The Kier molecular flexibility index (Phi) is 3.79. The average molecular weight is 198 g/mol. The van der Waals surface area contributed by atoms with E-state index in [2.05, 4.69) is 5.43 Å². The number of nitrogens with two attached hydrogens (primary N) is 1. The normalized spacial score (nSPS) is 29.4. The third kappa shape index (κ3) is 2.94. The maximum absolute atomic E-state index is 5.59. The standard InChI is InChI=1S/C11H22N2O/c12-13-11(9-6-7-9)5-1-3-10-4-2-8-14-10/h9-11,13H,1-8,12H2. The molecule has 0 aromatic rings. The van der Waals surface area contributed by atoms with Crippen molar-refractivity contribution in [3.63, 3.8) is 0 Å². The Morgan fingerprint density at radius 2 is 2.21 bits per heavy atom. The first-order chi connectivity index (χ1) is 6.90. The van der Waals surface area contributed by atoms with E-state index in [0.717, 1.165) is 12.5 Å². The van der Waals surface area contributed by atoms with Gasteiger partial charge in [-0.25, -0.2) is 0 Å². The molecule has 14 heavy (non-hydrogen) atoms. The molecule has 3 heteroatoms. The van der Waals surface area contributed by atoms with Crippen molar-refractivity contribution in [3.8, 4) is 0 Å². The molecule has 2 rings (SSSR count). The molecule has 1 aliphatic heterocycles. The van der Waals surface area contributed by atoms with Crippen LogP contribution in [0.15, 0.2) is 0 Å². The molecule has 0 radical (unpaired) electrons. The summed E-state index contributed by atoms with van der Waals surface area (Å²) < 4.78 is 5.59. The van der Waals surface area contributed by atoms with Crippen LogP contribution in [0.3, 0.4) is 0 Å². The summed E-state index contributed by atoms with van der Waals surface area (Å²) in [4.78, 5) is 0. The van der Waals surface area contributed by atoms with Crippen molar-refractivity contribution >= 4 is 0 Å². The van der Waals surface area contributed by atoms with E-state index >= 15 is 0 Å². The Morgan fingerprint density at radius 3 is 2.79 bits per heavy atom. The number of nitrogens with one attached hydrogen (secondary N) is 1. The van der Waals surface area contributed by atoms with Crippen LogP contribution >= 0.6 is 0 Å². The van der Waals surface area contributed by atoms with Crippen LogP contribution in [-0.2, 0) is 4.74 Å². The fraction of sp³-hybridized carbons (Fsp3) is 1.00. The molecule has 2 aliphatic rings. The van der Waals surface area contributed by atoms with Gasteiger partial charge in [-0.05, 0) is 50.9 Å². The second kappa shape index (κ2) is 5.10. The van der Waals surface area contributed by atoms with Gasteiger partial charge in [-0.15, -0.1) is 0 Å². The Labute approximate surface area is 86.4 Å². The van der Waals surface area contributed by atoms with Crippen molar-refractivity contribution in [2.24, 2.45) is 11.8 Å². The zero-order valence-electron chi connectivity index (χ0n) is 8.87. The lowest BCUT2D eigenvalue weighted by molar-refractivity contribution is 0.101. The quantitative estimate of drug-likeness (QED) is 0.503. The second-order valence-electron chi connectivity index (χ2n) is 4.68. The largest absolute Gasteiger partial charge is 0.378 e. The number of rotatable bonds is 6. The molecule has 0 aromatic carbocycles. The van der Waals surface area contributed by atoms with E-state index in [4.69, 9.17) is 10.6 Å². The minimum absolute atomic E-state index is 0.549. The number of hydrogen-bond acceptors (Lipinski definition) is 3. The number of hydrogen-bond donors (Lipinski definition) is 2. The van der Waals surface area contributed by atoms with Crippen LogP contribution in [0, 0.1) is 5.92 Å². The van der Waals surface area contributed by atoms with Crippen molar-refractivity contribution in [1.29, 1.82) is 0 Å². The van der Waals surface area contributed by atoms with E-state index in [-0.39, 0.29) is 0 Å². The van der Waals surface area contributed by atoms with Crippen molar-refractivity contribution in [3.05, 3.63) is 0 Å². The third-order valence-electron chi connectivity index (χ3n) is 3.47. The highest BCUT2D eigenvalue weighted by molar-refractivity contribution is 4.85. The molecular formula is C11H22N2O. The van der Waals surface area contributed by atoms with Crippen LogP contribution in [0.4, 0.5) is 0 Å². The fourth-order valence-corrected chi connectivity index (χ4v) is 2.39. The first-order valence-corrected chi connectivity index (χ1v) is 5.98. The predicted molar refractivity (Wildman–Crippen MR) is 56.7 cm³/mol. The lowest BCUT2D eigenvalue weighted by Crippen LogP contribution is -2.36. The Balaban J connectivity index is 1.56. The third-order valence-corrected chi connectivity index (χ3v) is 3.47. The molecule has 1 saturated carbocycles. The molecule has 1 saturated heterocycles. The van der Waals surface area contributed by atoms with Gasteiger partial charge in [0.15, 0.2) is 0 Å². The maximum Gasteiger partial charge on any atom is 0.0576 e. The zero-order chi connectivity index (χ0) is 9.80. The van der Waals surface area contributed by atoms with Gasteiger partial charge in [0.2, 0.25) is 0 Å². The van der Waals surface area contributed by atoms with E-state index < -0.39 is 0 Å². The van der Waals surface area contributed by atoms with E-state index in [0.29, 0.717) is 12.1 Å². The first kappa shape index (κ1) is 10.4. The molecular weight excluding hydrogens is 176 g/mol. The summed E-state index contributed by atoms with van der Waals surface area (Å²) in [6.45, 7) is 0.978. The Bertz CT molecular complexity index is 165. The molecule has 0 aromatic heterocycles. The van der Waals surface area contributed by atoms with E-state index in [1.807, 2.05) is 0 Å². The summed E-state index contributed by atoms with van der Waals surface area (Å²) in [6, 6.07) is 0.566. The van der Waals surface area contributed by atoms with Crippen LogP contribution < -0.4 is 11.3 Å². The van der Waals surface area contributed by atoms with Gasteiger partial charge in [-0.3, -0.25) is 11.3 Å². The summed E-state index contributed by atoms with van der Waals surface area (Å²) in [6.07, 6.45) is 9.52. The average Bonchev–Trinajstić information content (AvgIpc) is 2.91. The van der Waals surface area contributed by atoms with Crippen LogP contribution in [0.2, 0.25) is 0 Å². The van der Waals surface area contributed by atoms with Crippen LogP contribution in [0.5, 0.6) is 0 Å². The molecule has 1 aliphatic carbocycles. The van der Waals surface area contributed by atoms with E-state index in [9.17, 15) is 0 Å². The van der Waals surface area contributed by atoms with Gasteiger partial charge < -0.3 is 4.74 Å². The SMILES string of the molecule is NNC(CCCC1CCCO1)C1CC1. The summed E-state index contributed by atoms with van der Waals surface area (Å²) in [7, 11) is 0. The minimum Gasteiger partial charge on any atom is -0.378 e. The monoisotopic (exact) mass is 198 g/mol. The molecule has 2 atom stereocenters. The van der Waals surface area contributed by atoms with Crippen molar-refractivity contribution in [1.82, 2.24) is 5.43 Å². The molecule has 2 unspecified atom stereocenters. The summed E-state index contributed by atoms with van der Waals surface area (Å²) >= 11 is 0. The first-order valence-electron chi connectivity index (χ1n) is 5.98. The fourth-order valence-electron chi connectivity index (χ4n) is 2.39. The summed E-state index contributed by atoms with van der Waals surface area (Å²) in [5.74, 6) is 6.39. The van der Waals surface area contributed by atoms with Crippen LogP contribution in [0.25, 0.3) is 0 Å². The highest BCUT2D eigenvalue weighted by Gasteiger charge is 2.30. The van der Waals surface area contributed by atoms with Crippen molar-refractivity contribution < 1.29 is 4.74 Å². The highest BCUT2D eigenvalue weighted by atomic mass is 16.5.